The van der Waals surface area contributed by atoms with Gasteiger partial charge in [0.15, 0.2) is 5.17 Å². The molecule has 1 aliphatic heterocycles. The first kappa shape index (κ1) is 20.9. The number of carbonyl (C=O) groups is 1. The fourth-order valence-electron chi connectivity index (χ4n) is 2.52. The number of amides is 1. The molecule has 0 radical (unpaired) electrons. The normalized spacial score (nSPS) is 17.6. The lowest BCUT2D eigenvalue weighted by Gasteiger charge is -2.14. The van der Waals surface area contributed by atoms with E-state index in [9.17, 15) is 14.9 Å². The average Bonchev–Trinajstić information content (AvgIpc) is 2.95. The van der Waals surface area contributed by atoms with Crippen LogP contribution in [0.25, 0.3) is 6.08 Å². The third-order valence-corrected chi connectivity index (χ3v) is 5.10. The van der Waals surface area contributed by atoms with Crippen LogP contribution in [0.15, 0.2) is 46.3 Å². The van der Waals surface area contributed by atoms with Gasteiger partial charge in [-0.3, -0.25) is 24.8 Å². The number of unbranched alkanes of at least 4 members (excludes halogenated alkanes) is 2. The molecule has 0 unspecified atom stereocenters. The van der Waals surface area contributed by atoms with E-state index in [1.165, 1.54) is 17.8 Å². The summed E-state index contributed by atoms with van der Waals surface area (Å²) in [6.45, 7) is 5.58. The summed E-state index contributed by atoms with van der Waals surface area (Å²) >= 11 is 1.38. The molecule has 0 spiro atoms. The fraction of sp³-hybridized carbons (Fsp3) is 0.400. The number of hydrogen-bond acceptors (Lipinski definition) is 5. The van der Waals surface area contributed by atoms with Crippen molar-refractivity contribution in [1.29, 1.82) is 0 Å². The second-order valence-corrected chi connectivity index (χ2v) is 7.15. The molecule has 6 nitrogen and oxygen atoms in total. The molecule has 144 valence electrons. The van der Waals surface area contributed by atoms with E-state index in [4.69, 9.17) is 0 Å². The molecule has 1 aromatic rings. The average molecular weight is 388 g/mol. The summed E-state index contributed by atoms with van der Waals surface area (Å²) in [6.07, 6.45) is 9.05. The standard InChI is InChI=1S/C20H25N3O3S/c1-3-5-14-21-20-22(15-6-4-2)19(24)18(27-20)13-9-11-16-10-7-8-12-17(16)23(25)26/h7-13H,3-6,14-15H2,1-2H3/b11-9+,18-13-,21-20?. The molecule has 0 saturated carbocycles. The maximum absolute atomic E-state index is 12.7. The van der Waals surface area contributed by atoms with Crippen LogP contribution in [-0.2, 0) is 4.79 Å². The molecule has 0 atom stereocenters. The van der Waals surface area contributed by atoms with Gasteiger partial charge in [0.25, 0.3) is 11.6 Å². The quantitative estimate of drug-likeness (QED) is 0.258. The lowest BCUT2D eigenvalue weighted by atomic mass is 10.1. The van der Waals surface area contributed by atoms with Gasteiger partial charge in [0.2, 0.25) is 0 Å². The zero-order valence-corrected chi connectivity index (χ0v) is 16.6. The number of aliphatic imine (C=N–C) groups is 1. The highest BCUT2D eigenvalue weighted by atomic mass is 32.2. The molecule has 0 aliphatic carbocycles. The van der Waals surface area contributed by atoms with Gasteiger partial charge in [0, 0.05) is 19.2 Å². The third kappa shape index (κ3) is 5.79. The molecular weight excluding hydrogens is 362 g/mol. The lowest BCUT2D eigenvalue weighted by molar-refractivity contribution is -0.385. The van der Waals surface area contributed by atoms with Gasteiger partial charge < -0.3 is 0 Å². The van der Waals surface area contributed by atoms with Crippen LogP contribution in [0.4, 0.5) is 5.69 Å². The smallest absolute Gasteiger partial charge is 0.276 e. The zero-order valence-electron chi connectivity index (χ0n) is 15.8. The van der Waals surface area contributed by atoms with Gasteiger partial charge in [-0.2, -0.15) is 0 Å². The van der Waals surface area contributed by atoms with E-state index >= 15 is 0 Å². The molecule has 7 heteroatoms. The number of hydrogen-bond donors (Lipinski definition) is 0. The second kappa shape index (κ2) is 10.7. The Balaban J connectivity index is 2.18. The number of rotatable bonds is 9. The van der Waals surface area contributed by atoms with Gasteiger partial charge in [0.05, 0.1) is 15.4 Å². The van der Waals surface area contributed by atoms with Crippen LogP contribution in [-0.4, -0.2) is 34.0 Å². The summed E-state index contributed by atoms with van der Waals surface area (Å²) < 4.78 is 0. The van der Waals surface area contributed by atoms with Crippen LogP contribution >= 0.6 is 11.8 Å². The summed E-state index contributed by atoms with van der Waals surface area (Å²) in [6, 6.07) is 6.53. The minimum Gasteiger partial charge on any atom is -0.287 e. The van der Waals surface area contributed by atoms with Gasteiger partial charge in [-0.15, -0.1) is 0 Å². The van der Waals surface area contributed by atoms with Crippen LogP contribution in [0.1, 0.15) is 45.1 Å². The molecule has 1 fully saturated rings. The first-order valence-corrected chi connectivity index (χ1v) is 10.1. The number of benzene rings is 1. The highest BCUT2D eigenvalue weighted by Crippen LogP contribution is 2.31. The number of thioether (sulfide) groups is 1. The Morgan fingerprint density at radius 1 is 1.22 bits per heavy atom. The lowest BCUT2D eigenvalue weighted by Crippen LogP contribution is -2.30. The van der Waals surface area contributed by atoms with Crippen LogP contribution in [0, 0.1) is 10.1 Å². The Bertz CT molecular complexity index is 771. The van der Waals surface area contributed by atoms with Crippen molar-refractivity contribution < 1.29 is 9.72 Å². The first-order valence-electron chi connectivity index (χ1n) is 9.24. The monoisotopic (exact) mass is 387 g/mol. The fourth-order valence-corrected chi connectivity index (χ4v) is 3.50. The van der Waals surface area contributed by atoms with Crippen molar-refractivity contribution in [3.05, 3.63) is 57.0 Å². The molecule has 1 aromatic carbocycles. The van der Waals surface area contributed by atoms with Gasteiger partial charge in [-0.05, 0) is 42.8 Å². The van der Waals surface area contributed by atoms with E-state index in [2.05, 4.69) is 18.8 Å². The highest BCUT2D eigenvalue weighted by molar-refractivity contribution is 8.18. The molecule has 1 amide bonds. The van der Waals surface area contributed by atoms with Crippen molar-refractivity contribution in [2.75, 3.05) is 13.1 Å². The summed E-state index contributed by atoms with van der Waals surface area (Å²) in [5.41, 5.74) is 0.554. The molecule has 1 heterocycles. The Hall–Kier alpha value is -2.41. The highest BCUT2D eigenvalue weighted by Gasteiger charge is 2.32. The zero-order chi connectivity index (χ0) is 19.6. The van der Waals surface area contributed by atoms with E-state index in [-0.39, 0.29) is 11.6 Å². The van der Waals surface area contributed by atoms with Gasteiger partial charge in [0.1, 0.15) is 0 Å². The Morgan fingerprint density at radius 2 is 1.96 bits per heavy atom. The van der Waals surface area contributed by atoms with Crippen LogP contribution in [0.5, 0.6) is 0 Å². The predicted molar refractivity (Wildman–Crippen MR) is 112 cm³/mol. The molecular formula is C20H25N3O3S. The van der Waals surface area contributed by atoms with Crippen molar-refractivity contribution in [3.8, 4) is 0 Å². The van der Waals surface area contributed by atoms with E-state index in [1.54, 1.807) is 41.3 Å². The summed E-state index contributed by atoms with van der Waals surface area (Å²) in [5, 5.41) is 11.8. The van der Waals surface area contributed by atoms with Crippen molar-refractivity contribution in [1.82, 2.24) is 4.90 Å². The first-order chi connectivity index (χ1) is 13.1. The topological polar surface area (TPSA) is 75.8 Å². The van der Waals surface area contributed by atoms with Crippen molar-refractivity contribution in [2.24, 2.45) is 4.99 Å². The van der Waals surface area contributed by atoms with Crippen LogP contribution in [0.3, 0.4) is 0 Å². The number of para-hydroxylation sites is 1. The number of nitro benzene ring substituents is 1. The van der Waals surface area contributed by atoms with E-state index in [0.29, 0.717) is 23.6 Å². The van der Waals surface area contributed by atoms with Crippen molar-refractivity contribution in [3.63, 3.8) is 0 Å². The number of amidine groups is 1. The van der Waals surface area contributed by atoms with Crippen molar-refractivity contribution >= 4 is 34.6 Å². The Kier molecular flexibility index (Phi) is 8.26. The molecule has 1 saturated heterocycles. The Labute approximate surface area is 164 Å². The van der Waals surface area contributed by atoms with E-state index in [1.807, 2.05) is 0 Å². The predicted octanol–water partition coefficient (Wildman–Crippen LogP) is 5.02. The van der Waals surface area contributed by atoms with Crippen LogP contribution < -0.4 is 0 Å². The number of carbonyl (C=O) groups excluding carboxylic acids is 1. The van der Waals surface area contributed by atoms with Gasteiger partial charge >= 0.3 is 0 Å². The Morgan fingerprint density at radius 3 is 2.67 bits per heavy atom. The van der Waals surface area contributed by atoms with E-state index in [0.717, 1.165) is 30.9 Å². The SMILES string of the molecule is CCCCN=C1S/C(=C\C=C\c2ccccc2[N+](=O)[O-])C(=O)N1CCCC. The summed E-state index contributed by atoms with van der Waals surface area (Å²) in [5.74, 6) is -0.0455. The molecule has 0 N–H and O–H groups in total. The van der Waals surface area contributed by atoms with Gasteiger partial charge in [-0.1, -0.05) is 44.9 Å². The minimum absolute atomic E-state index is 0.0453. The van der Waals surface area contributed by atoms with Gasteiger partial charge in [-0.25, -0.2) is 0 Å². The molecule has 2 rings (SSSR count). The second-order valence-electron chi connectivity index (χ2n) is 6.14. The molecule has 0 aromatic heterocycles. The summed E-state index contributed by atoms with van der Waals surface area (Å²) in [4.78, 5) is 30.3. The maximum Gasteiger partial charge on any atom is 0.276 e. The van der Waals surface area contributed by atoms with Crippen LogP contribution in [0.2, 0.25) is 0 Å². The number of allylic oxidation sites excluding steroid dienone is 2. The third-order valence-electron chi connectivity index (χ3n) is 4.04. The van der Waals surface area contributed by atoms with E-state index < -0.39 is 4.92 Å². The number of nitro groups is 1. The largest absolute Gasteiger partial charge is 0.287 e. The molecule has 0 bridgehead atoms. The summed E-state index contributed by atoms with van der Waals surface area (Å²) in [7, 11) is 0. The number of nitrogens with zero attached hydrogens (tertiary/aromatic N) is 3. The molecule has 1 aliphatic rings. The maximum atomic E-state index is 12.7. The molecule has 27 heavy (non-hydrogen) atoms. The van der Waals surface area contributed by atoms with Crippen molar-refractivity contribution in [2.45, 2.75) is 39.5 Å². The minimum atomic E-state index is -0.409.